The number of ether oxygens (including phenoxy) is 1. The zero-order valence-corrected chi connectivity index (χ0v) is 19.0. The van der Waals surface area contributed by atoms with Gasteiger partial charge in [0.05, 0.1) is 35.1 Å². The summed E-state index contributed by atoms with van der Waals surface area (Å²) >= 11 is 1.81. The maximum Gasteiger partial charge on any atom is 0.162 e. The van der Waals surface area contributed by atoms with Crippen LogP contribution in [0.15, 0.2) is 36.0 Å². The largest absolute Gasteiger partial charge is 0.378 e. The summed E-state index contributed by atoms with van der Waals surface area (Å²) in [6, 6.07) is 8.37. The van der Waals surface area contributed by atoms with E-state index < -0.39 is 0 Å². The number of fused-ring (bicyclic) bond motifs is 2. The van der Waals surface area contributed by atoms with Crippen molar-refractivity contribution in [1.82, 2.24) is 25.1 Å². The predicted molar refractivity (Wildman–Crippen MR) is 130 cm³/mol. The topological polar surface area (TPSA) is 70.2 Å². The van der Waals surface area contributed by atoms with Crippen molar-refractivity contribution < 1.29 is 4.74 Å². The molecule has 7 nitrogen and oxygen atoms in total. The number of rotatable bonds is 3. The number of nitrogens with zero attached hydrogens (tertiary/aromatic N) is 5. The van der Waals surface area contributed by atoms with Gasteiger partial charge >= 0.3 is 0 Å². The van der Waals surface area contributed by atoms with E-state index >= 15 is 0 Å². The van der Waals surface area contributed by atoms with Crippen molar-refractivity contribution in [3.05, 3.63) is 40.9 Å². The lowest BCUT2D eigenvalue weighted by Crippen LogP contribution is -2.36. The van der Waals surface area contributed by atoms with Gasteiger partial charge in [0, 0.05) is 42.0 Å². The molecule has 2 fully saturated rings. The molecular formula is C24H26N6OS. The highest BCUT2D eigenvalue weighted by Gasteiger charge is 2.21. The Balaban J connectivity index is 1.48. The molecular weight excluding hydrogens is 420 g/mol. The van der Waals surface area contributed by atoms with E-state index in [1.165, 1.54) is 10.5 Å². The van der Waals surface area contributed by atoms with Crippen LogP contribution in [-0.4, -0.2) is 71.5 Å². The normalized spacial score (nSPS) is 18.0. The van der Waals surface area contributed by atoms with Crippen molar-refractivity contribution in [3.63, 3.8) is 0 Å². The number of benzene rings is 1. The number of hydrogen-bond acceptors (Lipinski definition) is 7. The van der Waals surface area contributed by atoms with Crippen LogP contribution in [-0.2, 0) is 4.74 Å². The smallest absolute Gasteiger partial charge is 0.162 e. The van der Waals surface area contributed by atoms with E-state index in [0.29, 0.717) is 0 Å². The second-order valence-electron chi connectivity index (χ2n) is 8.58. The summed E-state index contributed by atoms with van der Waals surface area (Å²) in [5, 5.41) is 8.32. The van der Waals surface area contributed by atoms with Gasteiger partial charge in [0.2, 0.25) is 0 Å². The summed E-state index contributed by atoms with van der Waals surface area (Å²) in [6.07, 6.45) is 6.51. The fourth-order valence-corrected chi connectivity index (χ4v) is 5.64. The molecule has 0 bridgehead atoms. The molecule has 0 amide bonds. The fourth-order valence-electron chi connectivity index (χ4n) is 4.53. The van der Waals surface area contributed by atoms with Gasteiger partial charge in [-0.2, -0.15) is 5.10 Å². The van der Waals surface area contributed by atoms with Gasteiger partial charge in [0.25, 0.3) is 0 Å². The van der Waals surface area contributed by atoms with Crippen LogP contribution in [0.2, 0.25) is 0 Å². The van der Waals surface area contributed by atoms with E-state index in [9.17, 15) is 0 Å². The average molecular weight is 447 g/mol. The second kappa shape index (κ2) is 8.27. The average Bonchev–Trinajstić information content (AvgIpc) is 3.47. The third-order valence-electron chi connectivity index (χ3n) is 6.38. The summed E-state index contributed by atoms with van der Waals surface area (Å²) in [4.78, 5) is 16.1. The van der Waals surface area contributed by atoms with Crippen LogP contribution in [0.5, 0.6) is 0 Å². The first-order valence-corrected chi connectivity index (χ1v) is 12.0. The molecule has 0 saturated carbocycles. The minimum atomic E-state index is 0.730. The molecule has 8 heteroatoms. The zero-order chi connectivity index (χ0) is 21.5. The van der Waals surface area contributed by atoms with Crippen molar-refractivity contribution in [2.24, 2.45) is 0 Å². The van der Waals surface area contributed by atoms with Crippen molar-refractivity contribution in [1.29, 1.82) is 0 Å². The monoisotopic (exact) mass is 446 g/mol. The Hall–Kier alpha value is -2.81. The van der Waals surface area contributed by atoms with Crippen LogP contribution in [0, 0.1) is 0 Å². The van der Waals surface area contributed by atoms with Crippen LogP contribution in [0.25, 0.3) is 38.6 Å². The third kappa shape index (κ3) is 3.68. The Morgan fingerprint density at radius 2 is 1.94 bits per heavy atom. The summed E-state index contributed by atoms with van der Waals surface area (Å²) < 4.78 is 6.76. The Morgan fingerprint density at radius 3 is 2.78 bits per heavy atom. The molecule has 0 spiro atoms. The highest BCUT2D eigenvalue weighted by atomic mass is 32.1. The Bertz CT molecular complexity index is 1290. The first-order chi connectivity index (χ1) is 15.7. The molecule has 2 aliphatic heterocycles. The number of aromatic nitrogens is 4. The molecule has 0 aliphatic carbocycles. The summed E-state index contributed by atoms with van der Waals surface area (Å²) in [5.41, 5.74) is 4.55. The first-order valence-electron chi connectivity index (χ1n) is 11.2. The molecule has 1 aromatic carbocycles. The van der Waals surface area contributed by atoms with Gasteiger partial charge in [-0.05, 0) is 38.1 Å². The molecule has 1 N–H and O–H groups in total. The van der Waals surface area contributed by atoms with E-state index in [1.807, 2.05) is 18.3 Å². The standard InChI is InChI=1S/C24H26N6OS/c1-29-7-5-16(6-8-29)13-17-14-21-22(32-17)24(30-9-11-31-12-10-30)27-23(26-21)18-3-2-4-20-19(18)15-25-28-20/h2-4,13-15H,5-12H2,1H3,(H,25,28). The highest BCUT2D eigenvalue weighted by Crippen LogP contribution is 2.37. The highest BCUT2D eigenvalue weighted by molar-refractivity contribution is 7.20. The minimum Gasteiger partial charge on any atom is -0.378 e. The Labute approximate surface area is 190 Å². The number of aromatic amines is 1. The number of piperidine rings is 1. The number of likely N-dealkylation sites (tertiary alicyclic amines) is 1. The molecule has 0 radical (unpaired) electrons. The Kier molecular flexibility index (Phi) is 5.13. The number of morpholine rings is 1. The maximum atomic E-state index is 5.60. The lowest BCUT2D eigenvalue weighted by Gasteiger charge is -2.28. The molecule has 3 aromatic heterocycles. The van der Waals surface area contributed by atoms with Crippen molar-refractivity contribution in [3.8, 4) is 11.4 Å². The molecule has 4 aromatic rings. The molecule has 6 rings (SSSR count). The van der Waals surface area contributed by atoms with E-state index in [0.717, 1.165) is 90.6 Å². The van der Waals surface area contributed by atoms with Gasteiger partial charge in [0.1, 0.15) is 0 Å². The van der Waals surface area contributed by atoms with Crippen LogP contribution in [0.3, 0.4) is 0 Å². The van der Waals surface area contributed by atoms with Gasteiger partial charge in [0.15, 0.2) is 11.6 Å². The van der Waals surface area contributed by atoms with E-state index in [-0.39, 0.29) is 0 Å². The quantitative estimate of drug-likeness (QED) is 0.509. The number of anilines is 1. The van der Waals surface area contributed by atoms with E-state index in [1.54, 1.807) is 11.3 Å². The summed E-state index contributed by atoms with van der Waals surface area (Å²) in [5.74, 6) is 1.77. The molecule has 0 unspecified atom stereocenters. The first kappa shape index (κ1) is 19.8. The number of H-pyrrole nitrogens is 1. The number of nitrogens with one attached hydrogen (secondary N) is 1. The number of hydrogen-bond donors (Lipinski definition) is 1. The van der Waals surface area contributed by atoms with E-state index in [4.69, 9.17) is 14.7 Å². The molecule has 2 saturated heterocycles. The van der Waals surface area contributed by atoms with E-state index in [2.05, 4.69) is 45.3 Å². The molecule has 164 valence electrons. The SMILES string of the molecule is CN1CCC(=Cc2cc3nc(-c4cccc5[nH]ncc45)nc(N4CCOCC4)c3s2)CC1. The lowest BCUT2D eigenvalue weighted by molar-refractivity contribution is 0.122. The van der Waals surface area contributed by atoms with Crippen molar-refractivity contribution in [2.45, 2.75) is 12.8 Å². The van der Waals surface area contributed by atoms with Crippen molar-refractivity contribution in [2.75, 3.05) is 51.3 Å². The molecule has 2 aliphatic rings. The third-order valence-corrected chi connectivity index (χ3v) is 7.45. The lowest BCUT2D eigenvalue weighted by atomic mass is 10.0. The van der Waals surface area contributed by atoms with Gasteiger partial charge in [-0.15, -0.1) is 11.3 Å². The summed E-state index contributed by atoms with van der Waals surface area (Å²) in [6.45, 7) is 5.43. The number of thiophene rings is 1. The predicted octanol–water partition coefficient (Wildman–Crippen LogP) is 4.18. The summed E-state index contributed by atoms with van der Waals surface area (Å²) in [7, 11) is 2.20. The second-order valence-corrected chi connectivity index (χ2v) is 9.66. The van der Waals surface area contributed by atoms with Crippen LogP contribution < -0.4 is 4.90 Å². The van der Waals surface area contributed by atoms with Gasteiger partial charge in [-0.3, -0.25) is 5.10 Å². The maximum absolute atomic E-state index is 5.60. The van der Waals surface area contributed by atoms with Crippen LogP contribution in [0.1, 0.15) is 17.7 Å². The van der Waals surface area contributed by atoms with Gasteiger partial charge < -0.3 is 14.5 Å². The van der Waals surface area contributed by atoms with Gasteiger partial charge in [-0.1, -0.05) is 17.7 Å². The van der Waals surface area contributed by atoms with Crippen molar-refractivity contribution >= 4 is 44.4 Å². The zero-order valence-electron chi connectivity index (χ0n) is 18.2. The molecule has 32 heavy (non-hydrogen) atoms. The minimum absolute atomic E-state index is 0.730. The van der Waals surface area contributed by atoms with Crippen LogP contribution in [0.4, 0.5) is 5.82 Å². The van der Waals surface area contributed by atoms with Crippen LogP contribution >= 0.6 is 11.3 Å². The Morgan fingerprint density at radius 1 is 1.09 bits per heavy atom. The van der Waals surface area contributed by atoms with Gasteiger partial charge in [-0.25, -0.2) is 9.97 Å². The molecule has 5 heterocycles. The fraction of sp³-hybridized carbons (Fsp3) is 0.375. The molecule has 0 atom stereocenters.